The normalized spacial score (nSPS) is 14.7. The third-order valence-electron chi connectivity index (χ3n) is 6.71. The quantitative estimate of drug-likeness (QED) is 0.351. The van der Waals surface area contributed by atoms with Crippen LogP contribution in [0.4, 0.5) is 23.8 Å². The minimum Gasteiger partial charge on any atom is -0.476 e. The lowest BCUT2D eigenvalue weighted by atomic mass is 9.98. The van der Waals surface area contributed by atoms with Gasteiger partial charge in [-0.05, 0) is 75.6 Å². The molecule has 0 spiro atoms. The van der Waals surface area contributed by atoms with Gasteiger partial charge in [-0.25, -0.2) is 9.48 Å². The van der Waals surface area contributed by atoms with E-state index in [1.807, 2.05) is 30.3 Å². The van der Waals surface area contributed by atoms with Gasteiger partial charge in [0.25, 0.3) is 0 Å². The molecule has 0 unspecified atom stereocenters. The van der Waals surface area contributed by atoms with E-state index in [0.29, 0.717) is 41.0 Å². The van der Waals surface area contributed by atoms with Gasteiger partial charge in [0.05, 0.1) is 24.5 Å². The Labute approximate surface area is 231 Å². The molecule has 4 rings (SSSR count). The maximum atomic E-state index is 13.0. The molecule has 0 aliphatic carbocycles. The van der Waals surface area contributed by atoms with Crippen LogP contribution in [0.5, 0.6) is 11.6 Å². The average molecular weight is 562 g/mol. The Balaban J connectivity index is 1.50. The number of nitrogens with zero attached hydrogens (tertiary/aromatic N) is 3. The minimum absolute atomic E-state index is 0.150. The molecule has 1 fully saturated rings. The molecular weight excluding hydrogens is 527 g/mol. The number of para-hydroxylation sites is 1. The van der Waals surface area contributed by atoms with Gasteiger partial charge >= 0.3 is 12.4 Å². The summed E-state index contributed by atoms with van der Waals surface area (Å²) in [5.74, 6) is 0.815. The second-order valence-electron chi connectivity index (χ2n) is 9.81. The lowest BCUT2D eigenvalue weighted by Crippen LogP contribution is -2.32. The van der Waals surface area contributed by atoms with Crippen molar-refractivity contribution < 1.29 is 32.2 Å². The van der Waals surface area contributed by atoms with Crippen molar-refractivity contribution in [1.29, 1.82) is 0 Å². The number of aromatic nitrogens is 2. The van der Waals surface area contributed by atoms with Crippen LogP contribution >= 0.6 is 0 Å². The van der Waals surface area contributed by atoms with Gasteiger partial charge in [-0.3, -0.25) is 5.32 Å². The number of hydrogen-bond donors (Lipinski definition) is 2. The number of hydrogen-bond acceptors (Lipinski definition) is 6. The number of rotatable bonds is 10. The summed E-state index contributed by atoms with van der Waals surface area (Å²) in [6.45, 7) is 4.33. The first-order chi connectivity index (χ1) is 19.1. The molecule has 9 nitrogen and oxygen atoms in total. The van der Waals surface area contributed by atoms with Crippen LogP contribution in [0.1, 0.15) is 29.5 Å². The van der Waals surface area contributed by atoms with E-state index < -0.39 is 18.1 Å². The topological polar surface area (TPSA) is 89.9 Å². The largest absolute Gasteiger partial charge is 0.573 e. The number of urea groups is 1. The molecule has 0 radical (unpaired) electrons. The summed E-state index contributed by atoms with van der Waals surface area (Å²) in [4.78, 5) is 15.3. The predicted octanol–water partition coefficient (Wildman–Crippen LogP) is 5.27. The number of methoxy groups -OCH3 is 1. The summed E-state index contributed by atoms with van der Waals surface area (Å²) in [5.41, 5.74) is 2.13. The van der Waals surface area contributed by atoms with E-state index in [-0.39, 0.29) is 18.7 Å². The first kappa shape index (κ1) is 29.2. The standard InChI is InChI=1S/C28H34F3N5O4/c1-19-25(33-27(37)32-16-22-15-21(17-38-3)9-10-24(22)40-28(29,30)31)36(23-7-5-4-6-8-23)34-26(19)39-18-20-11-13-35(2)14-12-20/h4-10,15,20H,11-14,16-18H2,1-3H3,(H2,32,33,37). The Morgan fingerprint density at radius 3 is 2.52 bits per heavy atom. The Morgan fingerprint density at radius 1 is 1.12 bits per heavy atom. The molecule has 2 N–H and O–H groups in total. The van der Waals surface area contributed by atoms with Gasteiger partial charge in [-0.1, -0.05) is 24.3 Å². The van der Waals surface area contributed by atoms with Gasteiger partial charge in [0.15, 0.2) is 0 Å². The second kappa shape index (κ2) is 13.1. The van der Waals surface area contributed by atoms with Crippen molar-refractivity contribution in [1.82, 2.24) is 20.0 Å². The molecule has 2 amide bonds. The molecule has 1 aliphatic rings. The summed E-state index contributed by atoms with van der Waals surface area (Å²) in [6.07, 6.45) is -2.80. The Hall–Kier alpha value is -3.77. The van der Waals surface area contributed by atoms with Gasteiger partial charge in [0.2, 0.25) is 5.88 Å². The summed E-state index contributed by atoms with van der Waals surface area (Å²) in [7, 11) is 3.58. The molecule has 2 aromatic carbocycles. The SMILES string of the molecule is COCc1ccc(OC(F)(F)F)c(CNC(=O)Nc2c(C)c(OCC3CCN(C)CC3)nn2-c2ccccc2)c1. The number of halogens is 3. The van der Waals surface area contributed by atoms with Crippen LogP contribution in [0.15, 0.2) is 48.5 Å². The van der Waals surface area contributed by atoms with Crippen LogP contribution in [-0.2, 0) is 17.9 Å². The van der Waals surface area contributed by atoms with Crippen LogP contribution in [-0.4, -0.2) is 60.9 Å². The van der Waals surface area contributed by atoms with Crippen molar-refractivity contribution in [3.8, 4) is 17.3 Å². The van der Waals surface area contributed by atoms with Crippen molar-refractivity contribution in [3.05, 3.63) is 65.2 Å². The number of benzene rings is 2. The zero-order chi connectivity index (χ0) is 28.7. The fourth-order valence-corrected chi connectivity index (χ4v) is 4.52. The number of likely N-dealkylation sites (tertiary alicyclic amines) is 1. The second-order valence-corrected chi connectivity index (χ2v) is 9.81. The highest BCUT2D eigenvalue weighted by atomic mass is 19.4. The molecule has 0 saturated carbocycles. The van der Waals surface area contributed by atoms with Crippen LogP contribution in [0.25, 0.3) is 5.69 Å². The molecular formula is C28H34F3N5O4. The predicted molar refractivity (Wildman–Crippen MR) is 144 cm³/mol. The first-order valence-electron chi connectivity index (χ1n) is 13.0. The number of carbonyl (C=O) groups excluding carboxylic acids is 1. The molecule has 1 aliphatic heterocycles. The van der Waals surface area contributed by atoms with Crippen LogP contribution in [0, 0.1) is 12.8 Å². The molecule has 12 heteroatoms. The number of alkyl halides is 3. The molecule has 40 heavy (non-hydrogen) atoms. The highest BCUT2D eigenvalue weighted by molar-refractivity contribution is 5.89. The summed E-state index contributed by atoms with van der Waals surface area (Å²) in [5, 5.41) is 10.0. The first-order valence-corrected chi connectivity index (χ1v) is 13.0. The van der Waals surface area contributed by atoms with Gasteiger partial charge in [0.1, 0.15) is 11.6 Å². The summed E-state index contributed by atoms with van der Waals surface area (Å²) < 4.78 is 55.7. The summed E-state index contributed by atoms with van der Waals surface area (Å²) >= 11 is 0. The van der Waals surface area contributed by atoms with Gasteiger partial charge in [-0.2, -0.15) is 0 Å². The number of amides is 2. The maximum absolute atomic E-state index is 13.0. The van der Waals surface area contributed by atoms with Gasteiger partial charge < -0.3 is 24.4 Å². The number of piperidine rings is 1. The van der Waals surface area contributed by atoms with Gasteiger partial charge in [0, 0.05) is 19.2 Å². The van der Waals surface area contributed by atoms with Crippen molar-refractivity contribution in [3.63, 3.8) is 0 Å². The highest BCUT2D eigenvalue weighted by Gasteiger charge is 2.32. The number of anilines is 1. The van der Waals surface area contributed by atoms with Crippen LogP contribution < -0.4 is 20.1 Å². The van der Waals surface area contributed by atoms with E-state index in [1.54, 1.807) is 11.6 Å². The van der Waals surface area contributed by atoms with E-state index in [0.717, 1.165) is 25.9 Å². The summed E-state index contributed by atoms with van der Waals surface area (Å²) in [6, 6.07) is 12.8. The number of ether oxygens (including phenoxy) is 3. The van der Waals surface area contributed by atoms with Crippen LogP contribution in [0.2, 0.25) is 0 Å². The lowest BCUT2D eigenvalue weighted by molar-refractivity contribution is -0.274. The van der Waals surface area contributed by atoms with Crippen molar-refractivity contribution in [2.75, 3.05) is 39.2 Å². The third-order valence-corrected chi connectivity index (χ3v) is 6.71. The zero-order valence-electron chi connectivity index (χ0n) is 22.8. The van der Waals surface area contributed by atoms with Crippen molar-refractivity contribution >= 4 is 11.8 Å². The molecule has 2 heterocycles. The molecule has 1 aromatic heterocycles. The molecule has 1 saturated heterocycles. The lowest BCUT2D eigenvalue weighted by Gasteiger charge is -2.28. The van der Waals surface area contributed by atoms with Crippen molar-refractivity contribution in [2.45, 2.75) is 39.3 Å². The Bertz CT molecular complexity index is 1270. The average Bonchev–Trinajstić information content (AvgIpc) is 3.23. The van der Waals surface area contributed by atoms with Gasteiger partial charge in [-0.15, -0.1) is 18.3 Å². The Kier molecular flexibility index (Phi) is 9.54. The number of carbonyl (C=O) groups is 1. The molecule has 0 bridgehead atoms. The van der Waals surface area contributed by atoms with E-state index in [2.05, 4.69) is 32.4 Å². The fraction of sp³-hybridized carbons (Fsp3) is 0.429. The van der Waals surface area contributed by atoms with E-state index in [1.165, 1.54) is 25.3 Å². The van der Waals surface area contributed by atoms with E-state index >= 15 is 0 Å². The maximum Gasteiger partial charge on any atom is 0.573 e. The molecule has 3 aromatic rings. The van der Waals surface area contributed by atoms with Crippen LogP contribution in [0.3, 0.4) is 0 Å². The van der Waals surface area contributed by atoms with E-state index in [9.17, 15) is 18.0 Å². The molecule has 0 atom stereocenters. The monoisotopic (exact) mass is 561 g/mol. The number of nitrogens with one attached hydrogen (secondary N) is 2. The highest BCUT2D eigenvalue weighted by Crippen LogP contribution is 2.30. The molecule has 216 valence electrons. The third kappa shape index (κ3) is 7.89. The smallest absolute Gasteiger partial charge is 0.476 e. The Morgan fingerprint density at radius 2 is 1.85 bits per heavy atom. The fourth-order valence-electron chi connectivity index (χ4n) is 4.52. The van der Waals surface area contributed by atoms with E-state index in [4.69, 9.17) is 9.47 Å². The minimum atomic E-state index is -4.87. The zero-order valence-corrected chi connectivity index (χ0v) is 22.8. The van der Waals surface area contributed by atoms with Crippen molar-refractivity contribution in [2.24, 2.45) is 5.92 Å².